The summed E-state index contributed by atoms with van der Waals surface area (Å²) in [6.07, 6.45) is 3.14. The Labute approximate surface area is 94.2 Å². The smallest absolute Gasteiger partial charge is 0.0859 e. The molecule has 82 valence electrons. The van der Waals surface area contributed by atoms with Crippen LogP contribution in [0.2, 0.25) is 0 Å². The van der Waals surface area contributed by atoms with Crippen LogP contribution < -0.4 is 5.73 Å². The number of rotatable bonds is 3. The number of nitrogens with two attached hydrogens (primary N) is 1. The Hall–Kier alpha value is -1.87. The van der Waals surface area contributed by atoms with Crippen molar-refractivity contribution in [3.63, 3.8) is 0 Å². The second-order valence-corrected chi connectivity index (χ2v) is 3.68. The summed E-state index contributed by atoms with van der Waals surface area (Å²) >= 11 is 0. The van der Waals surface area contributed by atoms with Crippen LogP contribution in [0.3, 0.4) is 0 Å². The third-order valence-electron chi connectivity index (χ3n) is 2.60. The molecule has 0 saturated carbocycles. The second-order valence-electron chi connectivity index (χ2n) is 3.68. The molecule has 0 aliphatic heterocycles. The fraction of sp³-hybridized carbons (Fsp3) is 0.154. The predicted octanol–water partition coefficient (Wildman–Crippen LogP) is 2.43. The highest BCUT2D eigenvalue weighted by Crippen LogP contribution is 2.28. The molecule has 0 fully saturated rings. The summed E-state index contributed by atoms with van der Waals surface area (Å²) in [6.45, 7) is 3.60. The Kier molecular flexibility index (Phi) is 2.88. The largest absolute Gasteiger partial charge is 0.398 e. The maximum Gasteiger partial charge on any atom is 0.0859 e. The number of hydrogen-bond acceptors (Lipinski definition) is 3. The van der Waals surface area contributed by atoms with Crippen molar-refractivity contribution in [3.8, 4) is 0 Å². The van der Waals surface area contributed by atoms with Gasteiger partial charge in [0.25, 0.3) is 0 Å². The lowest BCUT2D eigenvalue weighted by atomic mass is 10.0. The Morgan fingerprint density at radius 2 is 2.19 bits per heavy atom. The molecule has 0 amide bonds. The summed E-state index contributed by atoms with van der Waals surface area (Å²) in [4.78, 5) is 4.27. The molecule has 3 nitrogen and oxygen atoms in total. The molecule has 1 unspecified atom stereocenters. The summed E-state index contributed by atoms with van der Waals surface area (Å²) in [5.74, 6) is 0. The van der Waals surface area contributed by atoms with Crippen LogP contribution in [0, 0.1) is 0 Å². The minimum Gasteiger partial charge on any atom is -0.398 e. The number of nitrogens with zero attached hydrogens (tertiary/aromatic N) is 1. The molecule has 0 bridgehead atoms. The Bertz CT molecular complexity index is 522. The number of anilines is 1. The molecule has 2 aromatic rings. The standard InChI is InChI=1S/C13H14N2O/c1-2-5-12(16)10-8-15-11-7-4-3-6-9(11)13(10)14/h2-4,6-8,12,16H,1,5H2,(H2,14,15). The maximum atomic E-state index is 9.87. The summed E-state index contributed by atoms with van der Waals surface area (Å²) in [7, 11) is 0. The molecule has 16 heavy (non-hydrogen) atoms. The van der Waals surface area contributed by atoms with E-state index in [0.717, 1.165) is 10.9 Å². The van der Waals surface area contributed by atoms with E-state index < -0.39 is 6.10 Å². The molecule has 0 radical (unpaired) electrons. The van der Waals surface area contributed by atoms with Gasteiger partial charge in [-0.2, -0.15) is 0 Å². The first kappa shape index (κ1) is 10.6. The number of fused-ring (bicyclic) bond motifs is 1. The third-order valence-corrected chi connectivity index (χ3v) is 2.60. The van der Waals surface area contributed by atoms with Crippen LogP contribution in [-0.2, 0) is 0 Å². The minimum absolute atomic E-state index is 0.476. The van der Waals surface area contributed by atoms with E-state index in [-0.39, 0.29) is 0 Å². The van der Waals surface area contributed by atoms with Crippen LogP contribution in [0.1, 0.15) is 18.1 Å². The molecule has 0 aliphatic rings. The van der Waals surface area contributed by atoms with Crippen LogP contribution in [0.5, 0.6) is 0 Å². The highest BCUT2D eigenvalue weighted by atomic mass is 16.3. The van der Waals surface area contributed by atoms with Crippen molar-refractivity contribution >= 4 is 16.6 Å². The van der Waals surface area contributed by atoms with E-state index in [9.17, 15) is 5.11 Å². The van der Waals surface area contributed by atoms with Gasteiger partial charge in [0.15, 0.2) is 0 Å². The lowest BCUT2D eigenvalue weighted by Gasteiger charge is -2.12. The van der Waals surface area contributed by atoms with E-state index in [1.807, 2.05) is 24.3 Å². The molecule has 1 heterocycles. The molecule has 3 N–H and O–H groups in total. The average molecular weight is 214 g/mol. The van der Waals surface area contributed by atoms with Gasteiger partial charge in [-0.1, -0.05) is 24.3 Å². The summed E-state index contributed by atoms with van der Waals surface area (Å²) < 4.78 is 0. The van der Waals surface area contributed by atoms with Crippen molar-refractivity contribution in [2.45, 2.75) is 12.5 Å². The number of pyridine rings is 1. The van der Waals surface area contributed by atoms with E-state index >= 15 is 0 Å². The van der Waals surface area contributed by atoms with Crippen molar-refractivity contribution in [3.05, 3.63) is 48.7 Å². The number of benzene rings is 1. The molecular weight excluding hydrogens is 200 g/mol. The zero-order valence-electron chi connectivity index (χ0n) is 8.93. The first-order chi connectivity index (χ1) is 7.74. The van der Waals surface area contributed by atoms with Crippen LogP contribution in [-0.4, -0.2) is 10.1 Å². The number of aromatic nitrogens is 1. The fourth-order valence-electron chi connectivity index (χ4n) is 1.73. The zero-order chi connectivity index (χ0) is 11.5. The van der Waals surface area contributed by atoms with Crippen LogP contribution >= 0.6 is 0 Å². The highest BCUT2D eigenvalue weighted by Gasteiger charge is 2.12. The quantitative estimate of drug-likeness (QED) is 0.771. The first-order valence-corrected chi connectivity index (χ1v) is 5.16. The Balaban J connectivity index is 2.56. The lowest BCUT2D eigenvalue weighted by Crippen LogP contribution is -2.03. The SMILES string of the molecule is C=CCC(O)c1cnc2ccccc2c1N. The molecule has 0 aliphatic carbocycles. The molecule has 1 aromatic heterocycles. The predicted molar refractivity (Wildman–Crippen MR) is 65.9 cm³/mol. The van der Waals surface area contributed by atoms with Gasteiger partial charge in [-0.25, -0.2) is 0 Å². The highest BCUT2D eigenvalue weighted by molar-refractivity contribution is 5.91. The molecular formula is C13H14N2O. The average Bonchev–Trinajstić information content (AvgIpc) is 2.30. The normalized spacial score (nSPS) is 12.6. The fourth-order valence-corrected chi connectivity index (χ4v) is 1.73. The van der Waals surface area contributed by atoms with E-state index in [0.29, 0.717) is 17.7 Å². The molecule has 0 saturated heterocycles. The number of aliphatic hydroxyl groups excluding tert-OH is 1. The van der Waals surface area contributed by atoms with Crippen LogP contribution in [0.25, 0.3) is 10.9 Å². The van der Waals surface area contributed by atoms with Gasteiger partial charge in [0, 0.05) is 22.8 Å². The van der Waals surface area contributed by atoms with Gasteiger partial charge >= 0.3 is 0 Å². The van der Waals surface area contributed by atoms with Gasteiger partial charge in [0.1, 0.15) is 0 Å². The second kappa shape index (κ2) is 4.33. The number of aliphatic hydroxyl groups is 1. The van der Waals surface area contributed by atoms with E-state index in [1.165, 1.54) is 0 Å². The van der Waals surface area contributed by atoms with E-state index in [2.05, 4.69) is 11.6 Å². The van der Waals surface area contributed by atoms with Crippen molar-refractivity contribution < 1.29 is 5.11 Å². The van der Waals surface area contributed by atoms with Gasteiger partial charge in [-0.3, -0.25) is 4.98 Å². The minimum atomic E-state index is -0.630. The molecule has 1 atom stereocenters. The number of nitrogen functional groups attached to an aromatic ring is 1. The van der Waals surface area contributed by atoms with E-state index in [4.69, 9.17) is 5.73 Å². The van der Waals surface area contributed by atoms with Gasteiger partial charge in [-0.05, 0) is 12.5 Å². The monoisotopic (exact) mass is 214 g/mol. The Morgan fingerprint density at radius 3 is 2.94 bits per heavy atom. The lowest BCUT2D eigenvalue weighted by molar-refractivity contribution is 0.182. The van der Waals surface area contributed by atoms with Gasteiger partial charge in [-0.15, -0.1) is 6.58 Å². The van der Waals surface area contributed by atoms with Crippen LogP contribution in [0.15, 0.2) is 43.1 Å². The summed E-state index contributed by atoms with van der Waals surface area (Å²) in [5, 5.41) is 10.7. The van der Waals surface area contributed by atoms with Crippen molar-refractivity contribution in [2.24, 2.45) is 0 Å². The Morgan fingerprint density at radius 1 is 1.44 bits per heavy atom. The zero-order valence-corrected chi connectivity index (χ0v) is 8.93. The van der Waals surface area contributed by atoms with Crippen LogP contribution in [0.4, 0.5) is 5.69 Å². The number of para-hydroxylation sites is 1. The van der Waals surface area contributed by atoms with Crippen molar-refractivity contribution in [2.75, 3.05) is 5.73 Å². The maximum absolute atomic E-state index is 9.87. The van der Waals surface area contributed by atoms with E-state index in [1.54, 1.807) is 12.3 Å². The van der Waals surface area contributed by atoms with Crippen molar-refractivity contribution in [1.29, 1.82) is 0 Å². The molecule has 3 heteroatoms. The summed E-state index contributed by atoms with van der Waals surface area (Å²) in [6, 6.07) is 7.62. The topological polar surface area (TPSA) is 59.1 Å². The molecule has 0 spiro atoms. The third kappa shape index (κ3) is 1.77. The van der Waals surface area contributed by atoms with Gasteiger partial charge in [0.05, 0.1) is 11.6 Å². The number of hydrogen-bond donors (Lipinski definition) is 2. The molecule has 1 aromatic carbocycles. The summed E-state index contributed by atoms with van der Waals surface area (Å²) in [5.41, 5.74) is 8.12. The molecule has 2 rings (SSSR count). The van der Waals surface area contributed by atoms with Crippen molar-refractivity contribution in [1.82, 2.24) is 4.98 Å². The van der Waals surface area contributed by atoms with Gasteiger partial charge in [0.2, 0.25) is 0 Å². The first-order valence-electron chi connectivity index (χ1n) is 5.16. The van der Waals surface area contributed by atoms with Gasteiger partial charge < -0.3 is 10.8 Å².